The molecule has 0 aromatic carbocycles. The van der Waals surface area contributed by atoms with E-state index in [2.05, 4.69) is 6.92 Å². The highest BCUT2D eigenvalue weighted by Crippen LogP contribution is 2.34. The Balaban J connectivity index is 2.45. The highest BCUT2D eigenvalue weighted by atomic mass is 16.3. The summed E-state index contributed by atoms with van der Waals surface area (Å²) in [6.07, 6.45) is 12.9. The summed E-state index contributed by atoms with van der Waals surface area (Å²) in [7, 11) is 0. The fourth-order valence-corrected chi connectivity index (χ4v) is 3.74. The molecular formula is C21H38O4. The van der Waals surface area contributed by atoms with E-state index in [-0.39, 0.29) is 30.6 Å². The van der Waals surface area contributed by atoms with Gasteiger partial charge < -0.3 is 15.3 Å². The third-order valence-electron chi connectivity index (χ3n) is 5.39. The molecule has 0 aromatic heterocycles. The fraction of sp³-hybridized carbons (Fsp3) is 0.857. The second kappa shape index (κ2) is 11.8. The monoisotopic (exact) mass is 354 g/mol. The van der Waals surface area contributed by atoms with Gasteiger partial charge in [0.2, 0.25) is 0 Å². The van der Waals surface area contributed by atoms with Gasteiger partial charge in [0.1, 0.15) is 5.78 Å². The average molecular weight is 355 g/mol. The molecular weight excluding hydrogens is 316 g/mol. The van der Waals surface area contributed by atoms with Gasteiger partial charge in [-0.1, -0.05) is 57.6 Å². The predicted octanol–water partition coefficient (Wildman–Crippen LogP) is 3.77. The van der Waals surface area contributed by atoms with Crippen molar-refractivity contribution in [1.82, 2.24) is 0 Å². The number of carbonyl (C=O) groups excluding carboxylic acids is 1. The van der Waals surface area contributed by atoms with E-state index in [1.165, 1.54) is 0 Å². The van der Waals surface area contributed by atoms with E-state index in [9.17, 15) is 15.0 Å². The summed E-state index contributed by atoms with van der Waals surface area (Å²) in [4.78, 5) is 12.2. The highest BCUT2D eigenvalue weighted by molar-refractivity contribution is 5.84. The molecule has 25 heavy (non-hydrogen) atoms. The molecule has 1 aliphatic carbocycles. The molecule has 1 aliphatic rings. The minimum atomic E-state index is -0.706. The van der Waals surface area contributed by atoms with Gasteiger partial charge >= 0.3 is 0 Å². The van der Waals surface area contributed by atoms with Gasteiger partial charge in [-0.25, -0.2) is 0 Å². The van der Waals surface area contributed by atoms with Crippen LogP contribution >= 0.6 is 0 Å². The molecule has 1 fully saturated rings. The summed E-state index contributed by atoms with van der Waals surface area (Å²) in [5.41, 5.74) is -0.706. The number of carbonyl (C=O) groups is 1. The lowest BCUT2D eigenvalue weighted by Gasteiger charge is -2.22. The smallest absolute Gasteiger partial charge is 0.139 e. The molecule has 0 saturated heterocycles. The zero-order chi connectivity index (χ0) is 18.7. The number of hydrogen-bond acceptors (Lipinski definition) is 4. The van der Waals surface area contributed by atoms with Gasteiger partial charge in [0.05, 0.1) is 11.7 Å². The van der Waals surface area contributed by atoms with Crippen LogP contribution in [0.1, 0.15) is 84.5 Å². The van der Waals surface area contributed by atoms with Crippen molar-refractivity contribution < 1.29 is 20.1 Å². The topological polar surface area (TPSA) is 77.8 Å². The molecule has 0 radical (unpaired) electrons. The number of hydrogen-bond donors (Lipinski definition) is 3. The van der Waals surface area contributed by atoms with E-state index in [1.54, 1.807) is 0 Å². The Kier molecular flexibility index (Phi) is 10.6. The van der Waals surface area contributed by atoms with Gasteiger partial charge in [0.15, 0.2) is 0 Å². The van der Waals surface area contributed by atoms with Crippen molar-refractivity contribution >= 4 is 5.78 Å². The Morgan fingerprint density at radius 3 is 2.52 bits per heavy atom. The number of rotatable bonds is 13. The molecule has 2 unspecified atom stereocenters. The van der Waals surface area contributed by atoms with E-state index < -0.39 is 11.7 Å². The van der Waals surface area contributed by atoms with E-state index in [1.807, 2.05) is 19.1 Å². The minimum absolute atomic E-state index is 0.0790. The maximum absolute atomic E-state index is 12.2. The third kappa shape index (κ3) is 8.48. The van der Waals surface area contributed by atoms with Crippen LogP contribution in [0.3, 0.4) is 0 Å². The summed E-state index contributed by atoms with van der Waals surface area (Å²) in [6, 6.07) is 0. The molecule has 4 heteroatoms. The normalized spacial score (nSPS) is 26.4. The number of unbranched alkanes of at least 4 members (excludes halogenated alkanes) is 5. The first kappa shape index (κ1) is 22.3. The molecule has 0 spiro atoms. The molecule has 0 aliphatic heterocycles. The van der Waals surface area contributed by atoms with Crippen molar-refractivity contribution in [3.8, 4) is 0 Å². The molecule has 0 heterocycles. The summed E-state index contributed by atoms with van der Waals surface area (Å²) in [5.74, 6) is -0.00755. The van der Waals surface area contributed by atoms with Gasteiger partial charge in [-0.3, -0.25) is 4.79 Å². The molecule has 4 nitrogen and oxygen atoms in total. The van der Waals surface area contributed by atoms with E-state index in [4.69, 9.17) is 5.11 Å². The molecule has 0 bridgehead atoms. The average Bonchev–Trinajstić information content (AvgIpc) is 2.82. The quantitative estimate of drug-likeness (QED) is 0.347. The molecule has 0 amide bonds. The predicted molar refractivity (Wildman–Crippen MR) is 101 cm³/mol. The highest BCUT2D eigenvalue weighted by Gasteiger charge is 2.39. The van der Waals surface area contributed by atoms with Gasteiger partial charge in [-0.15, -0.1) is 0 Å². The van der Waals surface area contributed by atoms with Crippen molar-refractivity contribution in [2.45, 2.75) is 96.2 Å². The number of Topliss-reactive ketones (excluding diaryl/α,β-unsaturated/α-hetero) is 1. The van der Waals surface area contributed by atoms with Crippen molar-refractivity contribution in [2.75, 3.05) is 6.61 Å². The van der Waals surface area contributed by atoms with Crippen LogP contribution in [0.4, 0.5) is 0 Å². The molecule has 1 rings (SSSR count). The van der Waals surface area contributed by atoms with E-state index in [0.29, 0.717) is 6.42 Å². The van der Waals surface area contributed by atoms with Gasteiger partial charge in [-0.2, -0.15) is 0 Å². The number of ketones is 1. The first-order valence-corrected chi connectivity index (χ1v) is 10.1. The zero-order valence-electron chi connectivity index (χ0n) is 16.1. The SMILES string of the molecule is CCCCC(C)(O)C/C=C/C1[C@H](O)CC(=O)[C@@H]1CCCCCCCO. The molecule has 0 aromatic rings. The Morgan fingerprint density at radius 2 is 1.84 bits per heavy atom. The summed E-state index contributed by atoms with van der Waals surface area (Å²) < 4.78 is 0. The van der Waals surface area contributed by atoms with Crippen LogP contribution in [-0.4, -0.2) is 39.4 Å². The summed E-state index contributed by atoms with van der Waals surface area (Å²) in [5, 5.41) is 29.3. The van der Waals surface area contributed by atoms with Crippen LogP contribution in [0, 0.1) is 11.8 Å². The lowest BCUT2D eigenvalue weighted by molar-refractivity contribution is -0.121. The molecule has 4 atom stereocenters. The second-order valence-electron chi connectivity index (χ2n) is 7.93. The van der Waals surface area contributed by atoms with Gasteiger partial charge in [0, 0.05) is 24.9 Å². The number of aliphatic hydroxyl groups is 3. The summed E-state index contributed by atoms with van der Waals surface area (Å²) >= 11 is 0. The Labute approximate surface area is 153 Å². The van der Waals surface area contributed by atoms with Crippen LogP contribution in [0.15, 0.2) is 12.2 Å². The number of aliphatic hydroxyl groups excluding tert-OH is 2. The maximum atomic E-state index is 12.2. The van der Waals surface area contributed by atoms with Crippen LogP contribution in [0.5, 0.6) is 0 Å². The maximum Gasteiger partial charge on any atom is 0.139 e. The van der Waals surface area contributed by atoms with Crippen LogP contribution < -0.4 is 0 Å². The molecule has 1 saturated carbocycles. The van der Waals surface area contributed by atoms with Gasteiger partial charge in [0.25, 0.3) is 0 Å². The third-order valence-corrected chi connectivity index (χ3v) is 5.39. The molecule has 3 N–H and O–H groups in total. The van der Waals surface area contributed by atoms with Crippen LogP contribution in [0.25, 0.3) is 0 Å². The van der Waals surface area contributed by atoms with E-state index in [0.717, 1.165) is 57.8 Å². The minimum Gasteiger partial charge on any atom is -0.396 e. The van der Waals surface area contributed by atoms with Crippen molar-refractivity contribution in [3.63, 3.8) is 0 Å². The Hall–Kier alpha value is -0.710. The first-order chi connectivity index (χ1) is 11.9. The molecule has 146 valence electrons. The largest absolute Gasteiger partial charge is 0.396 e. The first-order valence-electron chi connectivity index (χ1n) is 10.1. The lowest BCUT2D eigenvalue weighted by atomic mass is 9.87. The lowest BCUT2D eigenvalue weighted by Crippen LogP contribution is -2.23. The fourth-order valence-electron chi connectivity index (χ4n) is 3.74. The Bertz CT molecular complexity index is 403. The zero-order valence-corrected chi connectivity index (χ0v) is 16.1. The van der Waals surface area contributed by atoms with Crippen LogP contribution in [0.2, 0.25) is 0 Å². The second-order valence-corrected chi connectivity index (χ2v) is 7.93. The summed E-state index contributed by atoms with van der Waals surface area (Å²) in [6.45, 7) is 4.22. The Morgan fingerprint density at radius 1 is 1.16 bits per heavy atom. The standard InChI is InChI=1S/C21H38O4/c1-3-4-13-21(2,25)14-10-12-18-17(19(23)16-20(18)24)11-8-6-5-7-9-15-22/h10,12,17-18,20,22,24-25H,3-9,11,13-16H2,1-2H3/b12-10+/t17-,18?,20-,21?/m1/s1. The van der Waals surface area contributed by atoms with E-state index >= 15 is 0 Å². The van der Waals surface area contributed by atoms with Crippen LogP contribution in [-0.2, 0) is 4.79 Å². The van der Waals surface area contributed by atoms with Crippen molar-refractivity contribution in [3.05, 3.63) is 12.2 Å². The van der Waals surface area contributed by atoms with Crippen molar-refractivity contribution in [1.29, 1.82) is 0 Å². The van der Waals surface area contributed by atoms with Gasteiger partial charge in [-0.05, 0) is 32.6 Å². The van der Waals surface area contributed by atoms with Crippen molar-refractivity contribution in [2.24, 2.45) is 11.8 Å².